The van der Waals surface area contributed by atoms with Crippen LogP contribution in [0, 0.1) is 0 Å². The van der Waals surface area contributed by atoms with Gasteiger partial charge in [-0.15, -0.1) is 0 Å². The lowest BCUT2D eigenvalue weighted by Crippen LogP contribution is -2.44. The first-order valence-electron chi connectivity index (χ1n) is 32.3. The average Bonchev–Trinajstić information content (AvgIpc) is 3.37. The zero-order chi connectivity index (χ0) is 54.1. The summed E-state index contributed by atoms with van der Waals surface area (Å²) in [5.74, 6) is -2.25. The molecule has 0 aromatic carbocycles. The number of unbranched alkanes of at least 4 members (excludes halogenated alkanes) is 44. The van der Waals surface area contributed by atoms with Crippen molar-refractivity contribution in [3.05, 3.63) is 12.2 Å². The number of carboxylic acids is 1. The molecule has 0 aliphatic heterocycles. The third-order valence-electron chi connectivity index (χ3n) is 14.8. The molecule has 9 nitrogen and oxygen atoms in total. The second-order valence-corrected chi connectivity index (χ2v) is 23.4. The van der Waals surface area contributed by atoms with Crippen LogP contribution in [0.25, 0.3) is 0 Å². The maximum atomic E-state index is 12.9. The Morgan fingerprint density at radius 3 is 1.00 bits per heavy atom. The molecule has 0 aliphatic carbocycles. The lowest BCUT2D eigenvalue weighted by molar-refractivity contribution is -0.870. The standard InChI is InChI=1S/C65H125NO8/c1-6-8-10-12-14-16-18-20-22-24-26-28-30-32-34-36-38-40-42-44-46-48-50-52-54-56-63(68)74-61(60-73-65(64(69)70)71-58-57-66(3,4)5)59-72-62(67)55-53-51-49-47-45-43-41-39-37-35-33-31-29-27-25-23-21-19-17-15-13-11-9-7-2/h24,26,61,65H,6-23,25,27-60H2,1-5H3/b26-24-. The van der Waals surface area contributed by atoms with Crippen molar-refractivity contribution in [2.75, 3.05) is 47.5 Å². The molecule has 0 saturated carbocycles. The summed E-state index contributed by atoms with van der Waals surface area (Å²) < 4.78 is 22.8. The summed E-state index contributed by atoms with van der Waals surface area (Å²) in [4.78, 5) is 37.4. The second-order valence-electron chi connectivity index (χ2n) is 23.4. The molecule has 0 radical (unpaired) electrons. The lowest BCUT2D eigenvalue weighted by atomic mass is 10.0. The van der Waals surface area contributed by atoms with Crippen molar-refractivity contribution in [3.63, 3.8) is 0 Å². The van der Waals surface area contributed by atoms with E-state index in [0.717, 1.165) is 38.5 Å². The predicted molar refractivity (Wildman–Crippen MR) is 311 cm³/mol. The van der Waals surface area contributed by atoms with Gasteiger partial charge in [0.2, 0.25) is 0 Å². The Morgan fingerprint density at radius 2 is 0.689 bits per heavy atom. The van der Waals surface area contributed by atoms with E-state index in [1.807, 2.05) is 21.1 Å². The number of aliphatic carboxylic acids is 1. The summed E-state index contributed by atoms with van der Waals surface area (Å²) in [6.45, 7) is 4.82. The Hall–Kier alpha value is -1.97. The van der Waals surface area contributed by atoms with Gasteiger partial charge in [0.15, 0.2) is 12.4 Å². The summed E-state index contributed by atoms with van der Waals surface area (Å²) in [6, 6.07) is 0. The van der Waals surface area contributed by atoms with Crippen LogP contribution in [0.1, 0.15) is 328 Å². The van der Waals surface area contributed by atoms with Gasteiger partial charge in [-0.05, 0) is 38.5 Å². The topological polar surface area (TPSA) is 111 Å². The summed E-state index contributed by atoms with van der Waals surface area (Å²) in [5.41, 5.74) is 0. The number of carbonyl (C=O) groups is 3. The number of likely N-dealkylation sites (N-methyl/N-ethyl adjacent to an activating group) is 1. The highest BCUT2D eigenvalue weighted by Crippen LogP contribution is 2.18. The highest BCUT2D eigenvalue weighted by Gasteiger charge is 2.22. The van der Waals surface area contributed by atoms with Gasteiger partial charge in [-0.2, -0.15) is 0 Å². The van der Waals surface area contributed by atoms with Crippen molar-refractivity contribution < 1.29 is 42.9 Å². The van der Waals surface area contributed by atoms with Crippen LogP contribution in [0.2, 0.25) is 0 Å². The van der Waals surface area contributed by atoms with Crippen LogP contribution in [0.15, 0.2) is 12.2 Å². The quantitative estimate of drug-likeness (QED) is 0.0195. The number of rotatable bonds is 61. The number of carbonyl (C=O) groups excluding carboxylic acids is 3. The molecule has 0 aliphatic rings. The Bertz CT molecular complexity index is 1220. The summed E-state index contributed by atoms with van der Waals surface area (Å²) in [7, 11) is 5.94. The molecule has 74 heavy (non-hydrogen) atoms. The fourth-order valence-electron chi connectivity index (χ4n) is 9.77. The van der Waals surface area contributed by atoms with E-state index in [2.05, 4.69) is 26.0 Å². The molecule has 0 amide bonds. The van der Waals surface area contributed by atoms with Crippen molar-refractivity contribution >= 4 is 17.9 Å². The van der Waals surface area contributed by atoms with Gasteiger partial charge in [-0.3, -0.25) is 9.59 Å². The van der Waals surface area contributed by atoms with Crippen LogP contribution in [0.5, 0.6) is 0 Å². The van der Waals surface area contributed by atoms with Crippen LogP contribution >= 0.6 is 0 Å². The van der Waals surface area contributed by atoms with E-state index >= 15 is 0 Å². The van der Waals surface area contributed by atoms with Crippen LogP contribution in [-0.4, -0.2) is 82.3 Å². The minimum Gasteiger partial charge on any atom is -0.545 e. The zero-order valence-electron chi connectivity index (χ0n) is 50.0. The van der Waals surface area contributed by atoms with Crippen molar-refractivity contribution in [2.24, 2.45) is 0 Å². The molecule has 0 aromatic rings. The minimum absolute atomic E-state index is 0.152. The summed E-state index contributed by atoms with van der Waals surface area (Å²) in [6.07, 6.45) is 64.2. The van der Waals surface area contributed by atoms with E-state index in [9.17, 15) is 19.5 Å². The molecular formula is C65H125NO8. The molecule has 2 unspecified atom stereocenters. The number of nitrogens with zero attached hydrogens (tertiary/aromatic N) is 1. The van der Waals surface area contributed by atoms with Gasteiger partial charge in [0, 0.05) is 12.8 Å². The van der Waals surface area contributed by atoms with E-state index in [4.69, 9.17) is 18.9 Å². The number of ether oxygens (including phenoxy) is 4. The van der Waals surface area contributed by atoms with E-state index in [0.29, 0.717) is 17.4 Å². The Balaban J connectivity index is 4.13. The monoisotopic (exact) mass is 1050 g/mol. The van der Waals surface area contributed by atoms with Gasteiger partial charge in [0.1, 0.15) is 13.2 Å². The molecule has 0 fully saturated rings. The molecule has 0 aromatic heterocycles. The average molecular weight is 1050 g/mol. The first kappa shape index (κ1) is 72.0. The van der Waals surface area contributed by atoms with E-state index in [1.165, 1.54) is 263 Å². The van der Waals surface area contributed by atoms with Crippen LogP contribution < -0.4 is 5.11 Å². The maximum absolute atomic E-state index is 12.9. The Kier molecular flexibility index (Phi) is 55.7. The molecule has 0 bridgehead atoms. The Labute approximate surface area is 459 Å². The molecule has 0 spiro atoms. The maximum Gasteiger partial charge on any atom is 0.306 e. The number of esters is 2. The smallest absolute Gasteiger partial charge is 0.306 e. The van der Waals surface area contributed by atoms with Crippen LogP contribution in [-0.2, 0) is 33.3 Å². The van der Waals surface area contributed by atoms with Crippen LogP contribution in [0.4, 0.5) is 0 Å². The number of carboxylic acid groups (broad SMARTS) is 1. The third-order valence-corrected chi connectivity index (χ3v) is 14.8. The summed E-state index contributed by atoms with van der Waals surface area (Å²) in [5, 5.41) is 11.8. The van der Waals surface area contributed by atoms with Crippen molar-refractivity contribution in [1.29, 1.82) is 0 Å². The van der Waals surface area contributed by atoms with Crippen molar-refractivity contribution in [3.8, 4) is 0 Å². The van der Waals surface area contributed by atoms with Gasteiger partial charge < -0.3 is 33.3 Å². The van der Waals surface area contributed by atoms with Gasteiger partial charge in [-0.25, -0.2) is 0 Å². The predicted octanol–water partition coefficient (Wildman–Crippen LogP) is 18.0. The molecular weight excluding hydrogens is 923 g/mol. The normalized spacial score (nSPS) is 12.7. The molecule has 0 heterocycles. The number of hydrogen-bond donors (Lipinski definition) is 0. The van der Waals surface area contributed by atoms with Crippen molar-refractivity contribution in [1.82, 2.24) is 0 Å². The largest absolute Gasteiger partial charge is 0.545 e. The van der Waals surface area contributed by atoms with Crippen LogP contribution in [0.3, 0.4) is 0 Å². The van der Waals surface area contributed by atoms with E-state index in [1.54, 1.807) is 0 Å². The first-order valence-corrected chi connectivity index (χ1v) is 32.3. The Morgan fingerprint density at radius 1 is 0.392 bits per heavy atom. The number of quaternary nitrogens is 1. The van der Waals surface area contributed by atoms with Gasteiger partial charge >= 0.3 is 11.9 Å². The highest BCUT2D eigenvalue weighted by molar-refractivity contribution is 5.70. The first-order chi connectivity index (χ1) is 36.1. The van der Waals surface area contributed by atoms with Crippen molar-refractivity contribution in [2.45, 2.75) is 341 Å². The molecule has 0 rings (SSSR count). The van der Waals surface area contributed by atoms with Gasteiger partial charge in [0.05, 0.1) is 40.3 Å². The molecule has 2 atom stereocenters. The SMILES string of the molecule is CCCCCCCCCC/C=C\CCCCCCCCCCCCCCCC(=O)OC(COC(=O)CCCCCCCCCCCCCCCCCCCCCCCCCC)COC(OCC[N+](C)(C)C)C(=O)[O-]. The molecule has 438 valence electrons. The fourth-order valence-corrected chi connectivity index (χ4v) is 9.77. The van der Waals surface area contributed by atoms with E-state index < -0.39 is 24.3 Å². The van der Waals surface area contributed by atoms with Gasteiger partial charge in [0.25, 0.3) is 0 Å². The molecule has 0 N–H and O–H groups in total. The van der Waals surface area contributed by atoms with Gasteiger partial charge in [-0.1, -0.05) is 289 Å². The second kappa shape index (κ2) is 57.2. The highest BCUT2D eigenvalue weighted by atomic mass is 16.7. The van der Waals surface area contributed by atoms with E-state index in [-0.39, 0.29) is 32.2 Å². The lowest BCUT2D eigenvalue weighted by Gasteiger charge is -2.26. The zero-order valence-corrected chi connectivity index (χ0v) is 50.0. The molecule has 0 saturated heterocycles. The number of allylic oxidation sites excluding steroid dienone is 2. The number of hydrogen-bond acceptors (Lipinski definition) is 8. The summed E-state index contributed by atoms with van der Waals surface area (Å²) >= 11 is 0. The third kappa shape index (κ3) is 57.7. The fraction of sp³-hybridized carbons (Fsp3) is 0.923. The molecule has 9 heteroatoms. The minimum atomic E-state index is -1.62.